The van der Waals surface area contributed by atoms with E-state index in [1.165, 1.54) is 6.07 Å². The van der Waals surface area contributed by atoms with Crippen molar-refractivity contribution in [1.29, 1.82) is 0 Å². The number of para-hydroxylation sites is 1. The van der Waals surface area contributed by atoms with E-state index in [2.05, 4.69) is 33.5 Å². The standard InChI is InChI=1S/C33H40BrN3O8S2/c1-3-5-16-33(4-2)22-37(25-14-10-7-11-15-25)27-19-26(34)28(20-29(27)46(40,41)23-33)45-21-30(38)36-31(24-12-8-6-9-13-24)32(39)35-17-18-47(42,43)44/h6-15,19-20,31H,3-5,16-18,21-23H2,1-2H3,(H,35,39)(H,36,38)(H,42,43,44)/t31-,33?/m0/s1. The van der Waals surface area contributed by atoms with Crippen molar-refractivity contribution in [3.8, 4) is 5.75 Å². The predicted octanol–water partition coefficient (Wildman–Crippen LogP) is 5.20. The minimum absolute atomic E-state index is 0.0279. The molecule has 11 nitrogen and oxygen atoms in total. The van der Waals surface area contributed by atoms with Crippen LogP contribution in [0.1, 0.15) is 51.1 Å². The van der Waals surface area contributed by atoms with E-state index in [4.69, 9.17) is 9.29 Å². The predicted molar refractivity (Wildman–Crippen MR) is 184 cm³/mol. The van der Waals surface area contributed by atoms with Crippen molar-refractivity contribution < 1.29 is 35.7 Å². The number of carbonyl (C=O) groups is 2. The molecule has 0 fully saturated rings. The van der Waals surface area contributed by atoms with Gasteiger partial charge in [-0.15, -0.1) is 0 Å². The number of nitrogens with one attached hydrogen (secondary N) is 2. The number of hydrogen-bond acceptors (Lipinski definition) is 8. The first kappa shape index (κ1) is 36.4. The highest BCUT2D eigenvalue weighted by molar-refractivity contribution is 9.10. The van der Waals surface area contributed by atoms with Gasteiger partial charge in [-0.1, -0.05) is 75.2 Å². The fraction of sp³-hybridized carbons (Fsp3) is 0.394. The van der Waals surface area contributed by atoms with E-state index in [9.17, 15) is 26.4 Å². The average Bonchev–Trinajstić information content (AvgIpc) is 3.13. The van der Waals surface area contributed by atoms with Gasteiger partial charge in [-0.05, 0) is 52.5 Å². The fourth-order valence-corrected chi connectivity index (χ4v) is 8.65. The summed E-state index contributed by atoms with van der Waals surface area (Å²) in [4.78, 5) is 28.2. The summed E-state index contributed by atoms with van der Waals surface area (Å²) in [7, 11) is -8.09. The van der Waals surface area contributed by atoms with Gasteiger partial charge in [-0.2, -0.15) is 8.42 Å². The first-order valence-corrected chi connectivity index (χ1v) is 19.4. The van der Waals surface area contributed by atoms with Crippen molar-refractivity contribution in [2.24, 2.45) is 5.41 Å². The van der Waals surface area contributed by atoms with E-state index >= 15 is 0 Å². The zero-order valence-corrected chi connectivity index (χ0v) is 29.5. The normalized spacial score (nSPS) is 18.0. The van der Waals surface area contributed by atoms with Gasteiger partial charge in [-0.3, -0.25) is 14.1 Å². The maximum absolute atomic E-state index is 14.1. The topological polar surface area (TPSA) is 159 Å². The van der Waals surface area contributed by atoms with Crippen LogP contribution < -0.4 is 20.3 Å². The van der Waals surface area contributed by atoms with Gasteiger partial charge in [0.2, 0.25) is 5.91 Å². The van der Waals surface area contributed by atoms with E-state index in [1.807, 2.05) is 42.2 Å². The molecular weight excluding hydrogens is 710 g/mol. The summed E-state index contributed by atoms with van der Waals surface area (Å²) in [5, 5.41) is 5.00. The molecule has 47 heavy (non-hydrogen) atoms. The van der Waals surface area contributed by atoms with Crippen LogP contribution in [-0.2, 0) is 29.5 Å². The van der Waals surface area contributed by atoms with Crippen LogP contribution in [0, 0.1) is 5.41 Å². The van der Waals surface area contributed by atoms with Gasteiger partial charge in [0, 0.05) is 30.3 Å². The SMILES string of the molecule is CCCCC1(CC)CN(c2ccccc2)c2cc(Br)c(OCC(=O)N[C@H](C(=O)NCCS(=O)(=O)O)c3ccccc3)cc2S(=O)(=O)C1. The molecule has 3 aromatic rings. The highest BCUT2D eigenvalue weighted by Crippen LogP contribution is 2.46. The number of nitrogens with zero attached hydrogens (tertiary/aromatic N) is 1. The van der Waals surface area contributed by atoms with Crippen molar-refractivity contribution in [3.63, 3.8) is 0 Å². The highest BCUT2D eigenvalue weighted by atomic mass is 79.9. The third kappa shape index (κ3) is 9.55. The molecule has 0 saturated heterocycles. The number of unbranched alkanes of at least 4 members (excludes halogenated alkanes) is 1. The molecule has 0 bridgehead atoms. The van der Waals surface area contributed by atoms with Gasteiger partial charge in [0.25, 0.3) is 16.0 Å². The van der Waals surface area contributed by atoms with Gasteiger partial charge < -0.3 is 20.3 Å². The van der Waals surface area contributed by atoms with Crippen LogP contribution in [0.15, 0.2) is 82.2 Å². The Morgan fingerprint density at radius 1 is 1.06 bits per heavy atom. The Labute approximate surface area is 284 Å². The Hall–Kier alpha value is -3.46. The molecule has 1 aliphatic heterocycles. The molecule has 2 amide bonds. The Bertz CT molecular complexity index is 1770. The first-order chi connectivity index (χ1) is 22.3. The fourth-order valence-electron chi connectivity index (χ4n) is 5.67. The zero-order valence-electron chi connectivity index (χ0n) is 26.3. The molecule has 4 rings (SSSR count). The Morgan fingerprint density at radius 2 is 1.72 bits per heavy atom. The lowest BCUT2D eigenvalue weighted by Gasteiger charge is -2.36. The first-order valence-electron chi connectivity index (χ1n) is 15.4. The zero-order chi connectivity index (χ0) is 34.2. The second-order valence-corrected chi connectivity index (χ2v) is 16.0. The minimum Gasteiger partial charge on any atom is -0.483 e. The Kier molecular flexibility index (Phi) is 12.1. The van der Waals surface area contributed by atoms with Gasteiger partial charge >= 0.3 is 0 Å². The summed E-state index contributed by atoms with van der Waals surface area (Å²) in [6, 6.07) is 19.9. The highest BCUT2D eigenvalue weighted by Gasteiger charge is 2.42. The van der Waals surface area contributed by atoms with Crippen molar-refractivity contribution in [2.75, 3.05) is 36.1 Å². The number of halogens is 1. The summed E-state index contributed by atoms with van der Waals surface area (Å²) >= 11 is 3.52. The number of benzene rings is 3. The van der Waals surface area contributed by atoms with E-state index in [-0.39, 0.29) is 22.9 Å². The van der Waals surface area contributed by atoms with Gasteiger partial charge in [0.1, 0.15) is 11.8 Å². The third-order valence-electron chi connectivity index (χ3n) is 8.23. The number of hydrogen-bond donors (Lipinski definition) is 3. The van der Waals surface area contributed by atoms with Crippen LogP contribution in [0.4, 0.5) is 11.4 Å². The molecule has 2 atom stereocenters. The quantitative estimate of drug-likeness (QED) is 0.188. The van der Waals surface area contributed by atoms with Crippen molar-refractivity contribution in [1.82, 2.24) is 10.6 Å². The molecule has 254 valence electrons. The smallest absolute Gasteiger partial charge is 0.266 e. The second kappa shape index (κ2) is 15.6. The second-order valence-electron chi connectivity index (χ2n) is 11.7. The van der Waals surface area contributed by atoms with Crippen LogP contribution in [-0.4, -0.2) is 64.4 Å². The lowest BCUT2D eigenvalue weighted by Crippen LogP contribution is -2.43. The molecule has 0 spiro atoms. The van der Waals surface area contributed by atoms with Gasteiger partial charge in [-0.25, -0.2) is 8.42 Å². The van der Waals surface area contributed by atoms with Gasteiger partial charge in [0.15, 0.2) is 16.4 Å². The minimum atomic E-state index is -4.30. The summed E-state index contributed by atoms with van der Waals surface area (Å²) in [5.74, 6) is -1.94. The van der Waals surface area contributed by atoms with E-state index in [0.717, 1.165) is 24.9 Å². The molecular formula is C33H40BrN3O8S2. The molecule has 3 N–H and O–H groups in total. The molecule has 1 aliphatic rings. The van der Waals surface area contributed by atoms with Crippen molar-refractivity contribution in [2.45, 2.75) is 50.5 Å². The molecule has 1 heterocycles. The number of ether oxygens (including phenoxy) is 1. The van der Waals surface area contributed by atoms with E-state index in [0.29, 0.717) is 28.7 Å². The maximum atomic E-state index is 14.1. The molecule has 1 unspecified atom stereocenters. The summed E-state index contributed by atoms with van der Waals surface area (Å²) < 4.78 is 65.6. The van der Waals surface area contributed by atoms with Gasteiger partial charge in [0.05, 0.1) is 26.6 Å². The summed E-state index contributed by atoms with van der Waals surface area (Å²) in [6.07, 6.45) is 3.29. The third-order valence-corrected chi connectivity index (χ3v) is 11.6. The number of anilines is 2. The Morgan fingerprint density at radius 3 is 2.34 bits per heavy atom. The van der Waals surface area contributed by atoms with Crippen molar-refractivity contribution in [3.05, 3.63) is 82.8 Å². The number of fused-ring (bicyclic) bond motifs is 1. The number of sulfone groups is 1. The lowest BCUT2D eigenvalue weighted by molar-refractivity contribution is -0.130. The summed E-state index contributed by atoms with van der Waals surface area (Å²) in [6.45, 7) is 3.74. The van der Waals surface area contributed by atoms with E-state index < -0.39 is 55.6 Å². The Balaban J connectivity index is 1.60. The molecule has 14 heteroatoms. The van der Waals surface area contributed by atoms with E-state index in [1.54, 1.807) is 36.4 Å². The molecule has 3 aromatic carbocycles. The molecule has 0 radical (unpaired) electrons. The maximum Gasteiger partial charge on any atom is 0.266 e. The summed E-state index contributed by atoms with van der Waals surface area (Å²) in [5.41, 5.74) is 1.33. The van der Waals surface area contributed by atoms with Crippen LogP contribution in [0.5, 0.6) is 5.75 Å². The number of carbonyl (C=O) groups excluding carboxylic acids is 2. The lowest BCUT2D eigenvalue weighted by atomic mass is 9.81. The van der Waals surface area contributed by atoms with Crippen LogP contribution in [0.3, 0.4) is 0 Å². The molecule has 0 saturated carbocycles. The van der Waals surface area contributed by atoms with Crippen LogP contribution in [0.2, 0.25) is 0 Å². The monoisotopic (exact) mass is 749 g/mol. The average molecular weight is 751 g/mol. The largest absolute Gasteiger partial charge is 0.483 e. The molecule has 0 aromatic heterocycles. The van der Waals surface area contributed by atoms with Crippen LogP contribution >= 0.6 is 15.9 Å². The van der Waals surface area contributed by atoms with Crippen LogP contribution in [0.25, 0.3) is 0 Å². The number of amides is 2. The molecule has 0 aliphatic carbocycles. The van der Waals surface area contributed by atoms with Crippen molar-refractivity contribution >= 4 is 59.1 Å². The number of rotatable bonds is 14.